The lowest BCUT2D eigenvalue weighted by molar-refractivity contribution is -0.122. The van der Waals surface area contributed by atoms with Crippen LogP contribution in [0.3, 0.4) is 0 Å². The maximum absolute atomic E-state index is 11.9. The van der Waals surface area contributed by atoms with Gasteiger partial charge in [-0.25, -0.2) is 0 Å². The molecule has 2 N–H and O–H groups in total. The molecule has 4 heteroatoms. The molecule has 1 aromatic carbocycles. The van der Waals surface area contributed by atoms with Gasteiger partial charge in [0.05, 0.1) is 7.11 Å². The summed E-state index contributed by atoms with van der Waals surface area (Å²) in [6.07, 6.45) is 2.59. The monoisotopic (exact) mass is 302 g/mol. The minimum absolute atomic E-state index is 0.112. The van der Waals surface area contributed by atoms with Crippen LogP contribution in [0.25, 0.3) is 10.9 Å². The first-order valence-corrected chi connectivity index (χ1v) is 7.76. The van der Waals surface area contributed by atoms with Gasteiger partial charge in [0.25, 0.3) is 0 Å². The Labute approximate surface area is 132 Å². The van der Waals surface area contributed by atoms with E-state index in [2.05, 4.69) is 38.0 Å². The van der Waals surface area contributed by atoms with Gasteiger partial charge in [-0.05, 0) is 29.7 Å². The summed E-state index contributed by atoms with van der Waals surface area (Å²) >= 11 is 0. The molecule has 0 aliphatic heterocycles. The number of hydrogen-bond acceptors (Lipinski definition) is 2. The molecule has 0 aliphatic carbocycles. The molecule has 0 saturated carbocycles. The van der Waals surface area contributed by atoms with Gasteiger partial charge in [-0.1, -0.05) is 27.7 Å². The Hall–Kier alpha value is -1.97. The highest BCUT2D eigenvalue weighted by Crippen LogP contribution is 2.32. The first-order chi connectivity index (χ1) is 10.3. The smallest absolute Gasteiger partial charge is 0.220 e. The summed E-state index contributed by atoms with van der Waals surface area (Å²) in [5, 5.41) is 4.19. The highest BCUT2D eigenvalue weighted by atomic mass is 16.5. The molecule has 0 spiro atoms. The SMILES string of the molecule is COc1ccc2[nH]cc(C(C)(C)CNC(=O)CC(C)C)c2c1. The number of hydrogen-bond donors (Lipinski definition) is 2. The number of rotatable bonds is 6. The summed E-state index contributed by atoms with van der Waals surface area (Å²) in [4.78, 5) is 15.2. The molecule has 2 rings (SSSR count). The lowest BCUT2D eigenvalue weighted by Crippen LogP contribution is -2.37. The van der Waals surface area contributed by atoms with Gasteiger partial charge in [-0.2, -0.15) is 0 Å². The molecule has 1 heterocycles. The third-order valence-electron chi connectivity index (χ3n) is 3.94. The van der Waals surface area contributed by atoms with Crippen LogP contribution < -0.4 is 10.1 Å². The molecule has 22 heavy (non-hydrogen) atoms. The minimum Gasteiger partial charge on any atom is -0.497 e. The number of amides is 1. The number of nitrogens with one attached hydrogen (secondary N) is 2. The number of carbonyl (C=O) groups is 1. The number of methoxy groups -OCH3 is 1. The first-order valence-electron chi connectivity index (χ1n) is 7.76. The largest absolute Gasteiger partial charge is 0.497 e. The van der Waals surface area contributed by atoms with Crippen LogP contribution in [0.5, 0.6) is 5.75 Å². The zero-order valence-electron chi connectivity index (χ0n) is 14.1. The van der Waals surface area contributed by atoms with Crippen molar-refractivity contribution in [1.29, 1.82) is 0 Å². The number of aromatic nitrogens is 1. The van der Waals surface area contributed by atoms with Crippen LogP contribution in [0.2, 0.25) is 0 Å². The standard InChI is InChI=1S/C18H26N2O2/c1-12(2)8-17(21)20-11-18(3,4)15-10-19-16-7-6-13(22-5)9-14(15)16/h6-7,9-10,12,19H,8,11H2,1-5H3,(H,20,21). The molecule has 4 nitrogen and oxygen atoms in total. The first kappa shape index (κ1) is 16.4. The van der Waals surface area contributed by atoms with Gasteiger partial charge in [0.1, 0.15) is 5.75 Å². The second-order valence-electron chi connectivity index (χ2n) is 6.87. The Morgan fingerprint density at radius 1 is 1.36 bits per heavy atom. The number of ether oxygens (including phenoxy) is 1. The molecule has 1 aromatic heterocycles. The average molecular weight is 302 g/mol. The molecular formula is C18H26N2O2. The van der Waals surface area contributed by atoms with Gasteiger partial charge in [0, 0.05) is 35.5 Å². The van der Waals surface area contributed by atoms with E-state index >= 15 is 0 Å². The lowest BCUT2D eigenvalue weighted by atomic mass is 9.84. The van der Waals surface area contributed by atoms with Gasteiger partial charge in [-0.15, -0.1) is 0 Å². The Bertz CT molecular complexity index is 656. The Kier molecular flexibility index (Phi) is 4.79. The summed E-state index contributed by atoms with van der Waals surface area (Å²) in [5.74, 6) is 1.33. The normalized spacial score (nSPS) is 11.9. The summed E-state index contributed by atoms with van der Waals surface area (Å²) < 4.78 is 5.32. The zero-order chi connectivity index (χ0) is 16.3. The van der Waals surface area contributed by atoms with Gasteiger partial charge in [0.15, 0.2) is 0 Å². The van der Waals surface area contributed by atoms with Crippen molar-refractivity contribution in [3.8, 4) is 5.75 Å². The third-order valence-corrected chi connectivity index (χ3v) is 3.94. The number of fused-ring (bicyclic) bond motifs is 1. The second-order valence-corrected chi connectivity index (χ2v) is 6.87. The summed E-state index contributed by atoms with van der Waals surface area (Å²) in [7, 11) is 1.67. The average Bonchev–Trinajstić information content (AvgIpc) is 2.88. The molecule has 0 fully saturated rings. The number of benzene rings is 1. The van der Waals surface area contributed by atoms with Crippen LogP contribution in [0.15, 0.2) is 24.4 Å². The third kappa shape index (κ3) is 3.62. The fraction of sp³-hybridized carbons (Fsp3) is 0.500. The van der Waals surface area contributed by atoms with Crippen molar-refractivity contribution >= 4 is 16.8 Å². The Morgan fingerprint density at radius 2 is 2.09 bits per heavy atom. The minimum atomic E-state index is -0.156. The van der Waals surface area contributed by atoms with E-state index in [0.29, 0.717) is 18.9 Å². The van der Waals surface area contributed by atoms with E-state index in [1.165, 1.54) is 5.56 Å². The van der Waals surface area contributed by atoms with Crippen LogP contribution in [0, 0.1) is 5.92 Å². The molecule has 0 aliphatic rings. The number of aromatic amines is 1. The van der Waals surface area contributed by atoms with Crippen LogP contribution in [-0.2, 0) is 10.2 Å². The maximum Gasteiger partial charge on any atom is 0.220 e. The van der Waals surface area contributed by atoms with Crippen molar-refractivity contribution < 1.29 is 9.53 Å². The van der Waals surface area contributed by atoms with Crippen molar-refractivity contribution in [1.82, 2.24) is 10.3 Å². The molecule has 0 unspecified atom stereocenters. The maximum atomic E-state index is 11.9. The van der Waals surface area contributed by atoms with E-state index in [1.807, 2.05) is 24.4 Å². The van der Waals surface area contributed by atoms with Gasteiger partial charge in [-0.3, -0.25) is 4.79 Å². The Morgan fingerprint density at radius 3 is 2.73 bits per heavy atom. The van der Waals surface area contributed by atoms with Crippen molar-refractivity contribution in [3.63, 3.8) is 0 Å². The van der Waals surface area contributed by atoms with E-state index in [9.17, 15) is 4.79 Å². The van der Waals surface area contributed by atoms with E-state index in [1.54, 1.807) is 7.11 Å². The van der Waals surface area contributed by atoms with E-state index < -0.39 is 0 Å². The van der Waals surface area contributed by atoms with E-state index in [4.69, 9.17) is 4.74 Å². The molecular weight excluding hydrogens is 276 g/mol. The van der Waals surface area contributed by atoms with Crippen molar-refractivity contribution in [2.45, 2.75) is 39.5 Å². The molecule has 0 bridgehead atoms. The van der Waals surface area contributed by atoms with Crippen molar-refractivity contribution in [2.24, 2.45) is 5.92 Å². The molecule has 2 aromatic rings. The predicted octanol–water partition coefficient (Wildman–Crippen LogP) is 3.62. The predicted molar refractivity (Wildman–Crippen MR) is 90.3 cm³/mol. The Balaban J connectivity index is 2.20. The lowest BCUT2D eigenvalue weighted by Gasteiger charge is -2.25. The van der Waals surface area contributed by atoms with Gasteiger partial charge < -0.3 is 15.0 Å². The van der Waals surface area contributed by atoms with Gasteiger partial charge in [0.2, 0.25) is 5.91 Å². The molecule has 1 amide bonds. The van der Waals surface area contributed by atoms with Crippen molar-refractivity contribution in [2.75, 3.05) is 13.7 Å². The van der Waals surface area contributed by atoms with Crippen molar-refractivity contribution in [3.05, 3.63) is 30.0 Å². The molecule has 0 radical (unpaired) electrons. The molecule has 120 valence electrons. The summed E-state index contributed by atoms with van der Waals surface area (Å²) in [5.41, 5.74) is 2.11. The van der Waals surface area contributed by atoms with Crippen LogP contribution >= 0.6 is 0 Å². The summed E-state index contributed by atoms with van der Waals surface area (Å²) in [6.45, 7) is 9.01. The summed E-state index contributed by atoms with van der Waals surface area (Å²) in [6, 6.07) is 6.00. The van der Waals surface area contributed by atoms with E-state index in [0.717, 1.165) is 16.7 Å². The van der Waals surface area contributed by atoms with Crippen LogP contribution in [0.1, 0.15) is 39.7 Å². The topological polar surface area (TPSA) is 54.1 Å². The molecule has 0 saturated heterocycles. The second kappa shape index (κ2) is 6.42. The van der Waals surface area contributed by atoms with Gasteiger partial charge >= 0.3 is 0 Å². The fourth-order valence-electron chi connectivity index (χ4n) is 2.64. The zero-order valence-corrected chi connectivity index (χ0v) is 14.1. The van der Waals surface area contributed by atoms with Crippen LogP contribution in [-0.4, -0.2) is 24.5 Å². The quantitative estimate of drug-likeness (QED) is 0.856. The fourth-order valence-corrected chi connectivity index (χ4v) is 2.64. The number of carbonyl (C=O) groups excluding carboxylic acids is 1. The highest BCUT2D eigenvalue weighted by Gasteiger charge is 2.25. The van der Waals surface area contributed by atoms with E-state index in [-0.39, 0.29) is 11.3 Å². The molecule has 0 atom stereocenters. The van der Waals surface area contributed by atoms with Crippen LogP contribution in [0.4, 0.5) is 0 Å². The number of H-pyrrole nitrogens is 1. The highest BCUT2D eigenvalue weighted by molar-refractivity contribution is 5.86.